The number of nitrogens with zero attached hydrogens (tertiary/aromatic N) is 4. The highest BCUT2D eigenvalue weighted by atomic mass is 16.6. The molecule has 2 aliphatic rings. The molecule has 0 radical (unpaired) electrons. The number of para-hydroxylation sites is 1. The molecule has 2 saturated heterocycles. The molecule has 2 unspecified atom stereocenters. The summed E-state index contributed by atoms with van der Waals surface area (Å²) in [6, 6.07) is 18.6. The Hall–Kier alpha value is -3.74. The van der Waals surface area contributed by atoms with E-state index in [0.717, 1.165) is 37.6 Å². The topological polar surface area (TPSA) is 81.3 Å². The zero-order valence-electron chi connectivity index (χ0n) is 19.8. The Kier molecular flexibility index (Phi) is 5.68. The summed E-state index contributed by atoms with van der Waals surface area (Å²) in [5.41, 5.74) is 4.34. The fourth-order valence-corrected chi connectivity index (χ4v) is 5.88. The number of rotatable bonds is 6. The van der Waals surface area contributed by atoms with E-state index in [1.54, 1.807) is 0 Å². The number of carbonyl (C=O) groups is 1. The Bertz CT molecular complexity index is 1350. The summed E-state index contributed by atoms with van der Waals surface area (Å²) in [6.45, 7) is 2.04. The Morgan fingerprint density at radius 3 is 2.66 bits per heavy atom. The van der Waals surface area contributed by atoms with E-state index in [-0.39, 0.29) is 24.6 Å². The average molecular weight is 469 g/mol. The highest BCUT2D eigenvalue weighted by molar-refractivity contribution is 5.97. The van der Waals surface area contributed by atoms with Gasteiger partial charge >= 0.3 is 0 Å². The third-order valence-electron chi connectivity index (χ3n) is 7.54. The number of aryl methyl sites for hydroxylation is 1. The molecule has 2 atom stereocenters. The van der Waals surface area contributed by atoms with Crippen molar-refractivity contribution in [3.8, 4) is 5.75 Å². The van der Waals surface area contributed by atoms with Crippen LogP contribution >= 0.6 is 0 Å². The molecule has 7 heteroatoms. The average Bonchev–Trinajstić information content (AvgIpc) is 3.42. The van der Waals surface area contributed by atoms with E-state index in [9.17, 15) is 4.79 Å². The lowest BCUT2D eigenvalue weighted by Crippen LogP contribution is -2.47. The van der Waals surface area contributed by atoms with Crippen molar-refractivity contribution in [2.75, 3.05) is 0 Å². The van der Waals surface area contributed by atoms with Gasteiger partial charge in [-0.15, -0.1) is 0 Å². The number of ether oxygens (including phenoxy) is 1. The molecular weight excluding hydrogens is 440 g/mol. The van der Waals surface area contributed by atoms with E-state index >= 15 is 0 Å². The minimum absolute atomic E-state index is 0.0657. The molecule has 6 rings (SSSR count). The lowest BCUT2D eigenvalue weighted by Gasteiger charge is -2.39. The van der Waals surface area contributed by atoms with Crippen molar-refractivity contribution in [3.05, 3.63) is 83.3 Å². The van der Waals surface area contributed by atoms with E-state index in [0.29, 0.717) is 28.6 Å². The summed E-state index contributed by atoms with van der Waals surface area (Å²) in [6.07, 6.45) is 7.08. The van der Waals surface area contributed by atoms with Gasteiger partial charge in [-0.25, -0.2) is 4.63 Å². The minimum Gasteiger partial charge on any atom is -0.486 e. The molecular formula is C28H28N4O3. The van der Waals surface area contributed by atoms with Crippen LogP contribution in [0.25, 0.3) is 10.9 Å². The lowest BCUT2D eigenvalue weighted by atomic mass is 9.84. The number of amides is 1. The van der Waals surface area contributed by atoms with Crippen molar-refractivity contribution in [3.63, 3.8) is 0 Å². The second-order valence-corrected chi connectivity index (χ2v) is 9.71. The van der Waals surface area contributed by atoms with Crippen LogP contribution < -0.4 is 4.74 Å². The Labute approximate surface area is 204 Å². The van der Waals surface area contributed by atoms with Crippen molar-refractivity contribution in [2.45, 2.75) is 57.7 Å². The first-order valence-corrected chi connectivity index (χ1v) is 12.3. The molecule has 0 spiro atoms. The van der Waals surface area contributed by atoms with Gasteiger partial charge in [-0.2, -0.15) is 0 Å². The maximum atomic E-state index is 13.7. The van der Waals surface area contributed by atoms with Crippen molar-refractivity contribution in [1.82, 2.24) is 20.2 Å². The molecule has 0 saturated carbocycles. The number of hydrogen-bond acceptors (Lipinski definition) is 6. The van der Waals surface area contributed by atoms with E-state index in [1.807, 2.05) is 43.5 Å². The van der Waals surface area contributed by atoms with Crippen LogP contribution in [-0.2, 0) is 13.0 Å². The van der Waals surface area contributed by atoms with E-state index in [2.05, 4.69) is 44.5 Å². The molecule has 178 valence electrons. The summed E-state index contributed by atoms with van der Waals surface area (Å²) in [7, 11) is 0. The lowest BCUT2D eigenvalue weighted by molar-refractivity contribution is 0.0520. The number of hydrogen-bond donors (Lipinski definition) is 0. The van der Waals surface area contributed by atoms with Crippen molar-refractivity contribution in [2.24, 2.45) is 5.92 Å². The number of carbonyl (C=O) groups excluding carboxylic acids is 1. The quantitative estimate of drug-likeness (QED) is 0.390. The fraction of sp³-hybridized carbons (Fsp3) is 0.357. The van der Waals surface area contributed by atoms with Crippen LogP contribution in [-0.4, -0.2) is 38.2 Å². The highest BCUT2D eigenvalue weighted by Crippen LogP contribution is 2.42. The SMILES string of the molecule is Cc1nonc1COc1ccccc1C(=O)N1C2CCC1CC(Cc1cccc3ncccc13)C2. The van der Waals surface area contributed by atoms with Gasteiger partial charge in [-0.05, 0) is 74.8 Å². The van der Waals surface area contributed by atoms with Crippen molar-refractivity contribution < 1.29 is 14.2 Å². The van der Waals surface area contributed by atoms with Crippen molar-refractivity contribution >= 4 is 16.8 Å². The molecule has 0 N–H and O–H groups in total. The Morgan fingerprint density at radius 1 is 1.03 bits per heavy atom. The van der Waals surface area contributed by atoms with E-state index < -0.39 is 0 Å². The molecule has 2 aromatic heterocycles. The van der Waals surface area contributed by atoms with E-state index in [1.165, 1.54) is 10.9 Å². The van der Waals surface area contributed by atoms with Gasteiger partial charge in [-0.3, -0.25) is 9.78 Å². The van der Waals surface area contributed by atoms with Crippen LogP contribution in [0.3, 0.4) is 0 Å². The van der Waals surface area contributed by atoms with Crippen LogP contribution in [0.5, 0.6) is 5.75 Å². The van der Waals surface area contributed by atoms with Gasteiger partial charge in [0.25, 0.3) is 5.91 Å². The van der Waals surface area contributed by atoms with Gasteiger partial charge in [0, 0.05) is 23.7 Å². The maximum absolute atomic E-state index is 13.7. The molecule has 35 heavy (non-hydrogen) atoms. The number of aromatic nitrogens is 3. The van der Waals surface area contributed by atoms with Crippen LogP contribution in [0.2, 0.25) is 0 Å². The zero-order valence-corrected chi connectivity index (χ0v) is 19.8. The molecule has 4 heterocycles. The number of benzene rings is 2. The summed E-state index contributed by atoms with van der Waals surface area (Å²) in [5, 5.41) is 8.92. The molecule has 2 bridgehead atoms. The maximum Gasteiger partial charge on any atom is 0.258 e. The second kappa shape index (κ2) is 9.13. The van der Waals surface area contributed by atoms with Crippen LogP contribution in [0, 0.1) is 12.8 Å². The first-order valence-electron chi connectivity index (χ1n) is 12.3. The van der Waals surface area contributed by atoms with Crippen LogP contribution in [0.15, 0.2) is 65.4 Å². The summed E-state index contributed by atoms with van der Waals surface area (Å²) in [5.74, 6) is 1.21. The predicted molar refractivity (Wildman–Crippen MR) is 131 cm³/mol. The zero-order chi connectivity index (χ0) is 23.8. The Balaban J connectivity index is 1.18. The monoisotopic (exact) mass is 468 g/mol. The smallest absolute Gasteiger partial charge is 0.258 e. The third kappa shape index (κ3) is 4.16. The standard InChI is InChI=1S/C28H28N4O3/c1-18-26(31-35-30-18)17-34-27-10-3-2-7-24(27)28(33)32-21-11-12-22(32)16-19(15-21)14-20-6-4-9-25-23(20)8-5-13-29-25/h2-10,13,19,21-22H,11-12,14-17H2,1H3. The molecule has 2 aromatic carbocycles. The largest absolute Gasteiger partial charge is 0.486 e. The molecule has 0 aliphatic carbocycles. The second-order valence-electron chi connectivity index (χ2n) is 9.71. The normalized spacial score (nSPS) is 21.4. The number of pyridine rings is 1. The number of fused-ring (bicyclic) bond motifs is 3. The van der Waals surface area contributed by atoms with E-state index in [4.69, 9.17) is 9.37 Å². The van der Waals surface area contributed by atoms with Crippen LogP contribution in [0.4, 0.5) is 0 Å². The van der Waals surface area contributed by atoms with Gasteiger partial charge < -0.3 is 9.64 Å². The van der Waals surface area contributed by atoms with Gasteiger partial charge in [0.05, 0.1) is 11.1 Å². The van der Waals surface area contributed by atoms with Gasteiger partial charge in [-0.1, -0.05) is 40.6 Å². The molecule has 2 aliphatic heterocycles. The highest BCUT2D eigenvalue weighted by Gasteiger charge is 2.43. The molecule has 1 amide bonds. The van der Waals surface area contributed by atoms with Gasteiger partial charge in [0.15, 0.2) is 0 Å². The molecule has 7 nitrogen and oxygen atoms in total. The molecule has 2 fully saturated rings. The fourth-order valence-electron chi connectivity index (χ4n) is 5.88. The first-order chi connectivity index (χ1) is 17.2. The van der Waals surface area contributed by atoms with Crippen molar-refractivity contribution in [1.29, 1.82) is 0 Å². The summed E-state index contributed by atoms with van der Waals surface area (Å²) >= 11 is 0. The third-order valence-corrected chi connectivity index (χ3v) is 7.54. The number of piperidine rings is 1. The summed E-state index contributed by atoms with van der Waals surface area (Å²) in [4.78, 5) is 20.4. The first kappa shape index (κ1) is 21.8. The van der Waals surface area contributed by atoms with Gasteiger partial charge in [0.2, 0.25) is 0 Å². The van der Waals surface area contributed by atoms with Gasteiger partial charge in [0.1, 0.15) is 23.7 Å². The summed E-state index contributed by atoms with van der Waals surface area (Å²) < 4.78 is 10.8. The predicted octanol–water partition coefficient (Wildman–Crippen LogP) is 5.13. The van der Waals surface area contributed by atoms with Crippen LogP contribution in [0.1, 0.15) is 53.0 Å². The Morgan fingerprint density at radius 2 is 1.86 bits per heavy atom. The minimum atomic E-state index is 0.0657. The molecule has 4 aromatic rings.